The number of fused-ring (bicyclic) bond motifs is 2. The normalized spacial score (nSPS) is 16.7. The third-order valence-corrected chi connectivity index (χ3v) is 11.8. The molecule has 0 aliphatic carbocycles. The van der Waals surface area contributed by atoms with Crippen molar-refractivity contribution >= 4 is 35.4 Å². The first kappa shape index (κ1) is 44.5. The Kier molecular flexibility index (Phi) is 13.9. The summed E-state index contributed by atoms with van der Waals surface area (Å²) in [4.78, 5) is 8.70. The summed E-state index contributed by atoms with van der Waals surface area (Å²) in [5.41, 5.74) is 19.5. The fourth-order valence-electron chi connectivity index (χ4n) is 8.45. The van der Waals surface area contributed by atoms with Crippen LogP contribution >= 0.6 is 12.4 Å². The van der Waals surface area contributed by atoms with Gasteiger partial charge in [-0.25, -0.2) is 4.98 Å². The second-order valence-corrected chi connectivity index (χ2v) is 15.6. The minimum Gasteiger partial charge on any atom is -0.493 e. The summed E-state index contributed by atoms with van der Waals surface area (Å²) in [6.07, 6.45) is 3.37. The Balaban J connectivity index is 0.000000295. The summed E-state index contributed by atoms with van der Waals surface area (Å²) in [7, 11) is 11.1. The van der Waals surface area contributed by atoms with E-state index in [-0.39, 0.29) is 30.3 Å². The molecular formula is C49H54ClN7O6. The van der Waals surface area contributed by atoms with Gasteiger partial charge in [0, 0.05) is 30.7 Å². The van der Waals surface area contributed by atoms with Crippen LogP contribution in [0.1, 0.15) is 45.5 Å². The number of aromatic nitrogens is 1. The maximum absolute atomic E-state index is 7.03. The minimum absolute atomic E-state index is 0. The number of rotatable bonds is 6. The highest BCUT2D eigenvalue weighted by atomic mass is 35.5. The molecule has 0 fully saturated rings. The number of anilines is 2. The number of hydrogen-bond acceptors (Lipinski definition) is 13. The highest BCUT2D eigenvalue weighted by Crippen LogP contribution is 2.52. The Morgan fingerprint density at radius 3 is 1.98 bits per heavy atom. The maximum Gasteiger partial charge on any atom is 0.204 e. The molecule has 4 N–H and O–H groups in total. The van der Waals surface area contributed by atoms with E-state index in [2.05, 4.69) is 81.6 Å². The van der Waals surface area contributed by atoms with Crippen molar-refractivity contribution < 1.29 is 28.4 Å². The first-order chi connectivity index (χ1) is 30.2. The van der Waals surface area contributed by atoms with Gasteiger partial charge < -0.3 is 39.9 Å². The largest absolute Gasteiger partial charge is 0.493 e. The molecule has 2 unspecified atom stereocenters. The van der Waals surface area contributed by atoms with Crippen molar-refractivity contribution in [3.8, 4) is 46.0 Å². The van der Waals surface area contributed by atoms with Crippen molar-refractivity contribution in [3.63, 3.8) is 0 Å². The molecule has 328 valence electrons. The van der Waals surface area contributed by atoms with E-state index < -0.39 is 0 Å². The zero-order chi connectivity index (χ0) is 43.3. The zero-order valence-corrected chi connectivity index (χ0v) is 37.3. The van der Waals surface area contributed by atoms with Gasteiger partial charge in [0.05, 0.1) is 34.1 Å². The van der Waals surface area contributed by atoms with Crippen LogP contribution in [0.2, 0.25) is 0 Å². The van der Waals surface area contributed by atoms with Gasteiger partial charge in [-0.2, -0.15) is 5.11 Å². The molecule has 13 nitrogen and oxygen atoms in total. The number of methoxy groups -OCH3 is 4. The Labute approximate surface area is 375 Å². The van der Waals surface area contributed by atoms with Crippen molar-refractivity contribution in [1.29, 1.82) is 0 Å². The number of pyridine rings is 1. The molecule has 0 radical (unpaired) electrons. The molecular weight excluding hydrogens is 818 g/mol. The molecule has 1 aromatic heterocycles. The lowest BCUT2D eigenvalue weighted by Gasteiger charge is -2.37. The Morgan fingerprint density at radius 1 is 0.635 bits per heavy atom. The van der Waals surface area contributed by atoms with Crippen molar-refractivity contribution in [2.75, 3.05) is 67.1 Å². The first-order valence-corrected chi connectivity index (χ1v) is 20.7. The third-order valence-electron chi connectivity index (χ3n) is 11.8. The van der Waals surface area contributed by atoms with Gasteiger partial charge in [0.2, 0.25) is 5.75 Å². The van der Waals surface area contributed by atoms with Crippen LogP contribution < -0.4 is 39.9 Å². The number of nitrogens with zero attached hydrogens (tertiary/aromatic N) is 5. The molecule has 6 bridgehead atoms. The van der Waals surface area contributed by atoms with Gasteiger partial charge in [-0.3, -0.25) is 9.80 Å². The molecule has 0 spiro atoms. The monoisotopic (exact) mass is 871 g/mol. The fraction of sp³-hybridized carbons (Fsp3) is 0.286. The van der Waals surface area contributed by atoms with Gasteiger partial charge in [-0.05, 0) is 134 Å². The summed E-state index contributed by atoms with van der Waals surface area (Å²) >= 11 is 0. The summed E-state index contributed by atoms with van der Waals surface area (Å²) in [6.45, 7) is 1.86. The van der Waals surface area contributed by atoms with Gasteiger partial charge in [0.25, 0.3) is 0 Å². The van der Waals surface area contributed by atoms with E-state index in [1.165, 1.54) is 22.3 Å². The number of benzene rings is 5. The molecule has 6 aromatic rings. The van der Waals surface area contributed by atoms with Gasteiger partial charge in [-0.1, -0.05) is 36.4 Å². The number of likely N-dealkylation sites (N-methyl/N-ethyl adjacent to an activating group) is 2. The first-order valence-electron chi connectivity index (χ1n) is 20.7. The average Bonchev–Trinajstić information content (AvgIpc) is 3.28. The second kappa shape index (κ2) is 19.7. The number of nitrogen functional groups attached to an aromatic ring is 2. The van der Waals surface area contributed by atoms with E-state index in [0.29, 0.717) is 51.8 Å². The number of halogens is 1. The van der Waals surface area contributed by atoms with E-state index in [1.807, 2.05) is 48.5 Å². The molecule has 2 atom stereocenters. The fourth-order valence-corrected chi connectivity index (χ4v) is 8.45. The Hall–Kier alpha value is -6.54. The smallest absolute Gasteiger partial charge is 0.204 e. The Morgan fingerprint density at radius 2 is 1.29 bits per heavy atom. The number of azo groups is 1. The van der Waals surface area contributed by atoms with Crippen LogP contribution in [-0.4, -0.2) is 70.4 Å². The third kappa shape index (κ3) is 9.61. The quantitative estimate of drug-likeness (QED) is 0.154. The van der Waals surface area contributed by atoms with Gasteiger partial charge >= 0.3 is 0 Å². The summed E-state index contributed by atoms with van der Waals surface area (Å²) < 4.78 is 37.1. The molecule has 5 heterocycles. The molecule has 4 aliphatic heterocycles. The highest BCUT2D eigenvalue weighted by Gasteiger charge is 2.35. The van der Waals surface area contributed by atoms with E-state index >= 15 is 0 Å². The highest BCUT2D eigenvalue weighted by molar-refractivity contribution is 5.85. The molecule has 0 saturated heterocycles. The number of nitrogens with two attached hydrogens (primary N) is 2. The van der Waals surface area contributed by atoms with E-state index in [9.17, 15) is 0 Å². The lowest BCUT2D eigenvalue weighted by Crippen LogP contribution is -2.34. The van der Waals surface area contributed by atoms with Gasteiger partial charge in [-0.15, -0.1) is 17.5 Å². The van der Waals surface area contributed by atoms with Crippen LogP contribution in [0.4, 0.5) is 23.0 Å². The van der Waals surface area contributed by atoms with Crippen LogP contribution in [-0.2, 0) is 25.7 Å². The lowest BCUT2D eigenvalue weighted by atomic mass is 9.87. The van der Waals surface area contributed by atoms with E-state index in [1.54, 1.807) is 40.6 Å². The van der Waals surface area contributed by atoms with Crippen molar-refractivity contribution in [2.45, 2.75) is 37.8 Å². The van der Waals surface area contributed by atoms with Gasteiger partial charge in [0.1, 0.15) is 17.3 Å². The minimum atomic E-state index is 0. The van der Waals surface area contributed by atoms with Gasteiger partial charge in [0.15, 0.2) is 40.3 Å². The zero-order valence-electron chi connectivity index (χ0n) is 36.5. The SMILES string of the molecule is COc1ccc2cc1Oc1ccc(cc1)CC1c3cc(c(OC)cc3CCN1C)Oc1c(OC)c(OC)cc3c1C(C2)N(C)CC3.Cl.Nc1ccc(N=Nc2ccccc2)c(N)n1. The molecule has 5 aromatic carbocycles. The predicted octanol–water partition coefficient (Wildman–Crippen LogP) is 10.2. The van der Waals surface area contributed by atoms with E-state index in [4.69, 9.17) is 39.9 Å². The number of hydrogen-bond donors (Lipinski definition) is 2. The molecule has 14 heteroatoms. The summed E-state index contributed by atoms with van der Waals surface area (Å²) in [5, 5.41) is 8.03. The summed E-state index contributed by atoms with van der Waals surface area (Å²) in [5.74, 6) is 6.06. The predicted molar refractivity (Wildman–Crippen MR) is 249 cm³/mol. The van der Waals surface area contributed by atoms with Crippen LogP contribution in [0.25, 0.3) is 0 Å². The Bertz CT molecular complexity index is 2580. The van der Waals surface area contributed by atoms with Crippen molar-refractivity contribution in [3.05, 3.63) is 137 Å². The molecule has 10 rings (SSSR count). The lowest BCUT2D eigenvalue weighted by molar-refractivity contribution is 0.220. The van der Waals surface area contributed by atoms with Crippen LogP contribution in [0, 0.1) is 0 Å². The average molecular weight is 872 g/mol. The van der Waals surface area contributed by atoms with Crippen molar-refractivity contribution in [2.24, 2.45) is 10.2 Å². The van der Waals surface area contributed by atoms with Crippen LogP contribution in [0.15, 0.2) is 113 Å². The molecule has 0 amide bonds. The van der Waals surface area contributed by atoms with Crippen molar-refractivity contribution in [1.82, 2.24) is 14.8 Å². The van der Waals surface area contributed by atoms with E-state index in [0.717, 1.165) is 61.3 Å². The maximum atomic E-state index is 7.03. The van der Waals surface area contributed by atoms with Crippen LogP contribution in [0.5, 0.6) is 46.0 Å². The molecule has 4 aliphatic rings. The standard InChI is InChI=1S/C38H42N2O6.C11H11N5.ClH/c1-39-15-13-25-20-32(42-4)34-22-28(25)29(39)17-23-7-10-27(11-8-23)45-33-19-24(9-12-31(33)41-3)18-30-36-26(14-16-40(30)2)21-35(43-5)37(44-6)38(36)46-34;12-10-7-6-9(11(13)14-10)16-15-8-4-2-1-3-5-8;/h7-12,19-22,29-30H,13-18H2,1-6H3;1-7H,(H4,12,13,14);1H. The molecule has 0 saturated carbocycles. The topological polar surface area (TPSA) is 152 Å². The second-order valence-electron chi connectivity index (χ2n) is 15.6. The molecule has 63 heavy (non-hydrogen) atoms. The van der Waals surface area contributed by atoms with Crippen LogP contribution in [0.3, 0.4) is 0 Å². The summed E-state index contributed by atoms with van der Waals surface area (Å²) in [6, 6.07) is 33.9. The number of ether oxygens (including phenoxy) is 6.